The molecule has 2 heteroatoms. The predicted octanol–water partition coefficient (Wildman–Crippen LogP) is 3.17. The fourth-order valence-electron chi connectivity index (χ4n) is 4.65. The van der Waals surface area contributed by atoms with E-state index in [1.807, 2.05) is 0 Å². The van der Waals surface area contributed by atoms with Crippen molar-refractivity contribution in [3.8, 4) is 0 Å². The minimum absolute atomic E-state index is 0.511. The van der Waals surface area contributed by atoms with Gasteiger partial charge in [0, 0.05) is 31.2 Å². The molecule has 18 heavy (non-hydrogen) atoms. The first-order valence-electron chi connectivity index (χ1n) is 8.30. The van der Waals surface area contributed by atoms with Gasteiger partial charge < -0.3 is 5.32 Å². The van der Waals surface area contributed by atoms with E-state index >= 15 is 0 Å². The van der Waals surface area contributed by atoms with Crippen LogP contribution in [0.2, 0.25) is 0 Å². The quantitative estimate of drug-likeness (QED) is 0.810. The van der Waals surface area contributed by atoms with Crippen LogP contribution in [0.1, 0.15) is 64.7 Å². The number of hydrogen-bond acceptors (Lipinski definition) is 2. The molecule has 0 radical (unpaired) electrons. The number of hydrogen-bond donors (Lipinski definition) is 1. The molecule has 1 aliphatic heterocycles. The Bertz CT molecular complexity index is 270. The van der Waals surface area contributed by atoms with Gasteiger partial charge in [0.1, 0.15) is 0 Å². The zero-order valence-corrected chi connectivity index (χ0v) is 12.1. The van der Waals surface area contributed by atoms with Crippen LogP contribution in [-0.2, 0) is 0 Å². The van der Waals surface area contributed by atoms with Gasteiger partial charge in [0.05, 0.1) is 0 Å². The molecule has 0 aromatic heterocycles. The second-order valence-electron chi connectivity index (χ2n) is 6.98. The van der Waals surface area contributed by atoms with Crippen molar-refractivity contribution in [2.24, 2.45) is 5.92 Å². The van der Waals surface area contributed by atoms with Crippen LogP contribution in [0.3, 0.4) is 0 Å². The molecule has 1 heterocycles. The molecule has 2 nitrogen and oxygen atoms in total. The first-order valence-corrected chi connectivity index (χ1v) is 8.30. The average Bonchev–Trinajstić information content (AvgIpc) is 2.87. The fourth-order valence-corrected chi connectivity index (χ4v) is 4.65. The van der Waals surface area contributed by atoms with Crippen molar-refractivity contribution >= 4 is 0 Å². The summed E-state index contributed by atoms with van der Waals surface area (Å²) in [5.74, 6) is 1.01. The maximum atomic E-state index is 3.85. The molecule has 0 aromatic carbocycles. The Morgan fingerprint density at radius 1 is 1.17 bits per heavy atom. The second-order valence-corrected chi connectivity index (χ2v) is 6.98. The molecule has 1 saturated heterocycles. The third-order valence-electron chi connectivity index (χ3n) is 5.81. The number of rotatable bonds is 2. The van der Waals surface area contributed by atoms with Crippen LogP contribution in [0.5, 0.6) is 0 Å². The highest BCUT2D eigenvalue weighted by molar-refractivity contribution is 4.99. The Morgan fingerprint density at radius 3 is 2.78 bits per heavy atom. The SMILES string of the molecule is CCC1CCCC(N2CCNC3(CCCC3)C2)C1. The summed E-state index contributed by atoms with van der Waals surface area (Å²) in [4.78, 5) is 2.85. The summed E-state index contributed by atoms with van der Waals surface area (Å²) in [5, 5.41) is 3.85. The van der Waals surface area contributed by atoms with Crippen LogP contribution >= 0.6 is 0 Å². The molecule has 3 rings (SSSR count). The minimum Gasteiger partial charge on any atom is -0.309 e. The third kappa shape index (κ3) is 2.60. The van der Waals surface area contributed by atoms with E-state index in [4.69, 9.17) is 0 Å². The molecule has 2 aliphatic carbocycles. The van der Waals surface area contributed by atoms with Crippen LogP contribution in [0.4, 0.5) is 0 Å². The molecule has 0 aromatic rings. The van der Waals surface area contributed by atoms with Crippen molar-refractivity contribution in [2.45, 2.75) is 76.3 Å². The average molecular weight is 250 g/mol. The highest BCUT2D eigenvalue weighted by Gasteiger charge is 2.40. The third-order valence-corrected chi connectivity index (χ3v) is 5.81. The predicted molar refractivity (Wildman–Crippen MR) is 76.8 cm³/mol. The molecule has 104 valence electrons. The Hall–Kier alpha value is -0.0800. The van der Waals surface area contributed by atoms with E-state index in [2.05, 4.69) is 17.1 Å². The smallest absolute Gasteiger partial charge is 0.0309 e. The molecule has 0 amide bonds. The maximum Gasteiger partial charge on any atom is 0.0309 e. The van der Waals surface area contributed by atoms with Crippen molar-refractivity contribution < 1.29 is 0 Å². The summed E-state index contributed by atoms with van der Waals surface area (Å²) < 4.78 is 0. The standard InChI is InChI=1S/C16H30N2/c1-2-14-6-5-7-15(12-14)18-11-10-17-16(13-18)8-3-4-9-16/h14-15,17H,2-13H2,1H3. The Balaban J connectivity index is 1.61. The van der Waals surface area contributed by atoms with E-state index in [9.17, 15) is 0 Å². The molecule has 0 bridgehead atoms. The number of nitrogens with one attached hydrogen (secondary N) is 1. The first kappa shape index (κ1) is 12.9. The normalized spacial score (nSPS) is 37.2. The Labute approximate surface area is 113 Å². The summed E-state index contributed by atoms with van der Waals surface area (Å²) in [6.45, 7) is 6.24. The van der Waals surface area contributed by atoms with E-state index in [0.29, 0.717) is 5.54 Å². The van der Waals surface area contributed by atoms with Crippen molar-refractivity contribution in [3.63, 3.8) is 0 Å². The largest absolute Gasteiger partial charge is 0.309 e. The zero-order chi connectivity index (χ0) is 12.4. The topological polar surface area (TPSA) is 15.3 Å². The number of piperazine rings is 1. The zero-order valence-electron chi connectivity index (χ0n) is 12.1. The lowest BCUT2D eigenvalue weighted by Gasteiger charge is -2.47. The monoisotopic (exact) mass is 250 g/mol. The van der Waals surface area contributed by atoms with Crippen LogP contribution in [-0.4, -0.2) is 36.1 Å². The summed E-state index contributed by atoms with van der Waals surface area (Å²) in [6, 6.07) is 0.906. The molecule has 3 aliphatic rings. The Morgan fingerprint density at radius 2 is 2.00 bits per heavy atom. The summed E-state index contributed by atoms with van der Waals surface area (Å²) >= 11 is 0. The van der Waals surface area contributed by atoms with E-state index < -0.39 is 0 Å². The van der Waals surface area contributed by atoms with Crippen LogP contribution in [0.15, 0.2) is 0 Å². The highest BCUT2D eigenvalue weighted by Crippen LogP contribution is 2.35. The van der Waals surface area contributed by atoms with Gasteiger partial charge in [-0.1, -0.05) is 39.0 Å². The highest BCUT2D eigenvalue weighted by atomic mass is 15.2. The van der Waals surface area contributed by atoms with Crippen molar-refractivity contribution in [1.82, 2.24) is 10.2 Å². The van der Waals surface area contributed by atoms with Gasteiger partial charge >= 0.3 is 0 Å². The molecular formula is C16H30N2. The van der Waals surface area contributed by atoms with Gasteiger partial charge in [-0.2, -0.15) is 0 Å². The van der Waals surface area contributed by atoms with Crippen molar-refractivity contribution in [3.05, 3.63) is 0 Å². The van der Waals surface area contributed by atoms with Crippen molar-refractivity contribution in [1.29, 1.82) is 0 Å². The van der Waals surface area contributed by atoms with Gasteiger partial charge in [-0.25, -0.2) is 0 Å². The first-order chi connectivity index (χ1) is 8.81. The van der Waals surface area contributed by atoms with E-state index in [1.165, 1.54) is 77.4 Å². The van der Waals surface area contributed by atoms with Gasteiger partial charge in [0.15, 0.2) is 0 Å². The molecule has 2 saturated carbocycles. The van der Waals surface area contributed by atoms with Crippen LogP contribution in [0, 0.1) is 5.92 Å². The Kier molecular flexibility index (Phi) is 3.95. The lowest BCUT2D eigenvalue weighted by molar-refractivity contribution is 0.0624. The summed E-state index contributed by atoms with van der Waals surface area (Å²) in [5.41, 5.74) is 0.511. The number of nitrogens with zero attached hydrogens (tertiary/aromatic N) is 1. The summed E-state index contributed by atoms with van der Waals surface area (Å²) in [6.07, 6.45) is 13.0. The molecule has 1 spiro atoms. The lowest BCUT2D eigenvalue weighted by Crippen LogP contribution is -2.61. The maximum absolute atomic E-state index is 3.85. The molecule has 1 N–H and O–H groups in total. The summed E-state index contributed by atoms with van der Waals surface area (Å²) in [7, 11) is 0. The van der Waals surface area contributed by atoms with Gasteiger partial charge in [-0.3, -0.25) is 4.90 Å². The second kappa shape index (κ2) is 5.50. The molecule has 3 fully saturated rings. The van der Waals surface area contributed by atoms with Gasteiger partial charge in [-0.05, 0) is 31.6 Å². The van der Waals surface area contributed by atoms with Gasteiger partial charge in [0.25, 0.3) is 0 Å². The van der Waals surface area contributed by atoms with Gasteiger partial charge in [0.2, 0.25) is 0 Å². The van der Waals surface area contributed by atoms with Crippen LogP contribution in [0.25, 0.3) is 0 Å². The minimum atomic E-state index is 0.511. The van der Waals surface area contributed by atoms with Gasteiger partial charge in [-0.15, -0.1) is 0 Å². The fraction of sp³-hybridized carbons (Fsp3) is 1.00. The lowest BCUT2D eigenvalue weighted by atomic mass is 9.82. The van der Waals surface area contributed by atoms with E-state index in [0.717, 1.165) is 12.0 Å². The molecular weight excluding hydrogens is 220 g/mol. The van der Waals surface area contributed by atoms with Crippen molar-refractivity contribution in [2.75, 3.05) is 19.6 Å². The van der Waals surface area contributed by atoms with E-state index in [-0.39, 0.29) is 0 Å². The molecule has 2 unspecified atom stereocenters. The van der Waals surface area contributed by atoms with Crippen LogP contribution < -0.4 is 5.32 Å². The van der Waals surface area contributed by atoms with E-state index in [1.54, 1.807) is 0 Å². The molecule has 2 atom stereocenters.